The van der Waals surface area contributed by atoms with E-state index < -0.39 is 16.1 Å². The van der Waals surface area contributed by atoms with Gasteiger partial charge in [0, 0.05) is 36.1 Å². The van der Waals surface area contributed by atoms with Crippen molar-refractivity contribution in [2.45, 2.75) is 44.4 Å². The van der Waals surface area contributed by atoms with Crippen molar-refractivity contribution >= 4 is 46.1 Å². The molecular weight excluding hydrogens is 479 g/mol. The standard InChI is InChI=1S/C24H32Cl2N4O2S/c1-5-12-32-21-14-20(26)19(25)13-18(21)23(29-33(31)24(2,3)4)16-8-10-30(11-9-16)22-7-6-17(27)15-28-22/h5-7,13-16,23,29H,1,8-12,27H2,2-4H3/t23-,33+/m1/s1. The number of anilines is 2. The molecule has 1 aliphatic rings. The second-order valence-electron chi connectivity index (χ2n) is 9.15. The maximum atomic E-state index is 13.1. The quantitative estimate of drug-likeness (QED) is 0.357. The Bertz CT molecular complexity index is 945. The van der Waals surface area contributed by atoms with Crippen LogP contribution in [0.25, 0.3) is 0 Å². The van der Waals surface area contributed by atoms with Gasteiger partial charge in [-0.3, -0.25) is 0 Å². The van der Waals surface area contributed by atoms with Crippen LogP contribution in [0, 0.1) is 5.92 Å². The van der Waals surface area contributed by atoms with Gasteiger partial charge in [0.2, 0.25) is 0 Å². The first-order valence-electron chi connectivity index (χ1n) is 11.0. The van der Waals surface area contributed by atoms with Crippen LogP contribution in [0.5, 0.6) is 5.75 Å². The summed E-state index contributed by atoms with van der Waals surface area (Å²) in [4.78, 5) is 6.70. The lowest BCUT2D eigenvalue weighted by Crippen LogP contribution is -2.46. The summed E-state index contributed by atoms with van der Waals surface area (Å²) < 4.78 is 22.0. The normalized spacial score (nSPS) is 17.0. The molecule has 2 aromatic rings. The first-order chi connectivity index (χ1) is 15.6. The molecule has 0 unspecified atom stereocenters. The number of hydrogen-bond donors (Lipinski definition) is 2. The molecule has 1 aromatic carbocycles. The number of nitrogen functional groups attached to an aromatic ring is 1. The Morgan fingerprint density at radius 1 is 1.30 bits per heavy atom. The predicted molar refractivity (Wildman–Crippen MR) is 140 cm³/mol. The fourth-order valence-corrected chi connectivity index (χ4v) is 5.04. The maximum Gasteiger partial charge on any atom is 0.136 e. The molecule has 0 amide bonds. The number of nitrogens with zero attached hydrogens (tertiary/aromatic N) is 2. The largest absolute Gasteiger partial charge is 0.598 e. The smallest absolute Gasteiger partial charge is 0.136 e. The SMILES string of the molecule is C=CCOc1cc(Cl)c(Cl)cc1[C@H](N[S@@+]([O-])C(C)(C)C)C1CCN(c2ccc(N)cn2)CC1. The topological polar surface area (TPSA) is 86.5 Å². The van der Waals surface area contributed by atoms with Gasteiger partial charge in [-0.15, -0.1) is 4.72 Å². The molecule has 1 fully saturated rings. The zero-order valence-corrected chi connectivity index (χ0v) is 21.6. The first kappa shape index (κ1) is 26.0. The van der Waals surface area contributed by atoms with Crippen LogP contribution in [0.15, 0.2) is 43.1 Å². The minimum Gasteiger partial charge on any atom is -0.598 e. The van der Waals surface area contributed by atoms with Crippen LogP contribution in [-0.2, 0) is 11.4 Å². The minimum absolute atomic E-state index is 0.213. The summed E-state index contributed by atoms with van der Waals surface area (Å²) in [5.41, 5.74) is 7.28. The second kappa shape index (κ2) is 11.2. The number of piperidine rings is 1. The zero-order chi connectivity index (χ0) is 24.2. The molecule has 6 nitrogen and oxygen atoms in total. The Hall–Kier alpha value is -1.64. The van der Waals surface area contributed by atoms with E-state index in [1.165, 1.54) is 0 Å². The van der Waals surface area contributed by atoms with Crippen LogP contribution >= 0.6 is 23.2 Å². The molecule has 9 heteroatoms. The summed E-state index contributed by atoms with van der Waals surface area (Å²) in [5, 5.41) is 0.855. The van der Waals surface area contributed by atoms with E-state index in [0.717, 1.165) is 37.3 Å². The third-order valence-electron chi connectivity index (χ3n) is 5.64. The van der Waals surface area contributed by atoms with Gasteiger partial charge in [-0.05, 0) is 57.7 Å². The Kier molecular flexibility index (Phi) is 8.81. The number of nitrogens with one attached hydrogen (secondary N) is 1. The van der Waals surface area contributed by atoms with Crippen molar-refractivity contribution in [2.75, 3.05) is 30.3 Å². The molecule has 2 atom stereocenters. The number of nitrogens with two attached hydrogens (primary N) is 1. The lowest BCUT2D eigenvalue weighted by molar-refractivity contribution is 0.306. The average Bonchev–Trinajstić information content (AvgIpc) is 2.78. The summed E-state index contributed by atoms with van der Waals surface area (Å²) in [7, 11) is 0. The van der Waals surface area contributed by atoms with Crippen molar-refractivity contribution < 1.29 is 9.29 Å². The molecule has 33 heavy (non-hydrogen) atoms. The van der Waals surface area contributed by atoms with Gasteiger partial charge in [-0.1, -0.05) is 35.9 Å². The van der Waals surface area contributed by atoms with E-state index in [1.54, 1.807) is 18.3 Å². The fraction of sp³-hybridized carbons (Fsp3) is 0.458. The van der Waals surface area contributed by atoms with Gasteiger partial charge >= 0.3 is 0 Å². The highest BCUT2D eigenvalue weighted by molar-refractivity contribution is 7.90. The number of benzene rings is 1. The second-order valence-corrected chi connectivity index (χ2v) is 12.0. The van der Waals surface area contributed by atoms with Crippen molar-refractivity contribution in [1.82, 2.24) is 9.71 Å². The highest BCUT2D eigenvalue weighted by Crippen LogP contribution is 2.41. The number of halogens is 2. The molecule has 0 spiro atoms. The average molecular weight is 512 g/mol. The molecule has 0 bridgehead atoms. The number of pyridine rings is 1. The van der Waals surface area contributed by atoms with E-state index in [-0.39, 0.29) is 12.0 Å². The van der Waals surface area contributed by atoms with Gasteiger partial charge in [0.25, 0.3) is 0 Å². The summed E-state index contributed by atoms with van der Waals surface area (Å²) in [6.07, 6.45) is 5.12. The number of hydrogen-bond acceptors (Lipinski definition) is 6. The summed E-state index contributed by atoms with van der Waals surface area (Å²) >= 11 is 11.4. The zero-order valence-electron chi connectivity index (χ0n) is 19.3. The lowest BCUT2D eigenvalue weighted by Gasteiger charge is -2.38. The first-order valence-corrected chi connectivity index (χ1v) is 12.9. The Balaban J connectivity index is 1.89. The number of rotatable bonds is 8. The van der Waals surface area contributed by atoms with Crippen LogP contribution in [0.4, 0.5) is 11.5 Å². The number of ether oxygens (including phenoxy) is 1. The van der Waals surface area contributed by atoms with E-state index >= 15 is 0 Å². The third-order valence-corrected chi connectivity index (χ3v) is 7.94. The van der Waals surface area contributed by atoms with Crippen molar-refractivity contribution in [3.05, 3.63) is 58.7 Å². The van der Waals surface area contributed by atoms with Crippen molar-refractivity contribution in [2.24, 2.45) is 5.92 Å². The molecule has 3 rings (SSSR count). The van der Waals surface area contributed by atoms with E-state index in [4.69, 9.17) is 33.7 Å². The van der Waals surface area contributed by atoms with Crippen molar-refractivity contribution in [3.8, 4) is 5.75 Å². The van der Waals surface area contributed by atoms with Crippen LogP contribution in [0.2, 0.25) is 10.0 Å². The van der Waals surface area contributed by atoms with Crippen LogP contribution in [0.1, 0.15) is 45.2 Å². The molecule has 1 saturated heterocycles. The minimum atomic E-state index is -1.28. The fourth-order valence-electron chi connectivity index (χ4n) is 3.81. The number of aromatic nitrogens is 1. The molecule has 180 valence electrons. The lowest BCUT2D eigenvalue weighted by atomic mass is 9.85. The van der Waals surface area contributed by atoms with Gasteiger partial charge < -0.3 is 19.9 Å². The molecular formula is C24H32Cl2N4O2S. The third kappa shape index (κ3) is 6.70. The van der Waals surface area contributed by atoms with E-state index in [0.29, 0.717) is 28.1 Å². The Labute approximate surface area is 209 Å². The molecule has 0 radical (unpaired) electrons. The Morgan fingerprint density at radius 3 is 2.55 bits per heavy atom. The van der Waals surface area contributed by atoms with Gasteiger partial charge in [0.1, 0.15) is 22.9 Å². The van der Waals surface area contributed by atoms with Crippen LogP contribution < -0.4 is 20.1 Å². The molecule has 3 N–H and O–H groups in total. The highest BCUT2D eigenvalue weighted by atomic mass is 35.5. The summed E-state index contributed by atoms with van der Waals surface area (Å²) in [6, 6.07) is 7.14. The molecule has 1 aliphatic heterocycles. The summed E-state index contributed by atoms with van der Waals surface area (Å²) in [6.45, 7) is 11.6. The Morgan fingerprint density at radius 2 is 1.97 bits per heavy atom. The van der Waals surface area contributed by atoms with Gasteiger partial charge in [0.15, 0.2) is 0 Å². The van der Waals surface area contributed by atoms with Crippen molar-refractivity contribution in [3.63, 3.8) is 0 Å². The molecule has 2 heterocycles. The van der Waals surface area contributed by atoms with E-state index in [9.17, 15) is 4.55 Å². The van der Waals surface area contributed by atoms with E-state index in [1.807, 2.05) is 39.0 Å². The maximum absolute atomic E-state index is 13.1. The van der Waals surface area contributed by atoms with Gasteiger partial charge in [0.05, 0.1) is 28.0 Å². The van der Waals surface area contributed by atoms with Crippen LogP contribution in [-0.4, -0.2) is 34.0 Å². The highest BCUT2D eigenvalue weighted by Gasteiger charge is 2.37. The van der Waals surface area contributed by atoms with Crippen molar-refractivity contribution in [1.29, 1.82) is 0 Å². The predicted octanol–water partition coefficient (Wildman–Crippen LogP) is 5.54. The van der Waals surface area contributed by atoms with Gasteiger partial charge in [-0.2, -0.15) is 0 Å². The molecule has 0 saturated carbocycles. The van der Waals surface area contributed by atoms with E-state index in [2.05, 4.69) is 21.2 Å². The molecule has 0 aliphatic carbocycles. The van der Waals surface area contributed by atoms with Crippen LogP contribution in [0.3, 0.4) is 0 Å². The monoisotopic (exact) mass is 510 g/mol. The molecule has 1 aromatic heterocycles. The summed E-state index contributed by atoms with van der Waals surface area (Å²) in [5.74, 6) is 1.75. The van der Waals surface area contributed by atoms with Gasteiger partial charge in [-0.25, -0.2) is 4.98 Å².